The summed E-state index contributed by atoms with van der Waals surface area (Å²) in [4.78, 5) is 12.9. The molecule has 1 aromatic heterocycles. The number of hydrogen-bond donors (Lipinski definition) is 1. The van der Waals surface area contributed by atoms with Crippen molar-refractivity contribution in [1.82, 2.24) is 9.78 Å². The molecule has 0 amide bonds. The molecule has 0 atom stereocenters. The van der Waals surface area contributed by atoms with Gasteiger partial charge in [0.1, 0.15) is 22.9 Å². The number of halogens is 13. The fraction of sp³-hybridized carbons (Fsp3) is 0.190. The number of carbonyl (C=O) groups excluding carboxylic acids is 1. The second-order valence-electron chi connectivity index (χ2n) is 7.56. The zero-order valence-corrected chi connectivity index (χ0v) is 19.8. The van der Waals surface area contributed by atoms with E-state index in [1.165, 1.54) is 0 Å². The number of aryl methyl sites for hydroxylation is 1. The number of aromatic nitrogens is 2. The molecular weight excluding hydrogens is 628 g/mol. The number of benzene rings is 2. The number of hydrogen-bond acceptors (Lipinski definition) is 4. The summed E-state index contributed by atoms with van der Waals surface area (Å²) in [6, 6.07) is 0.311. The predicted molar refractivity (Wildman–Crippen MR) is 99.4 cm³/mol. The van der Waals surface area contributed by atoms with Crippen molar-refractivity contribution in [2.75, 3.05) is 0 Å². The molecule has 40 heavy (non-hydrogen) atoms. The van der Waals surface area contributed by atoms with Gasteiger partial charge in [0.15, 0.2) is 29.1 Å². The molecule has 1 heterocycles. The van der Waals surface area contributed by atoms with Crippen LogP contribution in [0.1, 0.15) is 43.9 Å². The molecule has 3 aromatic rings. The number of carbonyl (C=O) groups is 1. The Morgan fingerprint density at radius 1 is 0.850 bits per heavy atom. The fourth-order valence-corrected chi connectivity index (χ4v) is 3.48. The second kappa shape index (κ2) is 10.3. The van der Waals surface area contributed by atoms with Crippen LogP contribution in [-0.2, 0) is 35.6 Å². The smallest absolute Gasteiger partial charge is 0.422 e. The summed E-state index contributed by atoms with van der Waals surface area (Å²) in [7, 11) is 0. The first kappa shape index (κ1) is 32.4. The van der Waals surface area contributed by atoms with Gasteiger partial charge in [-0.2, -0.15) is 54.6 Å². The fourth-order valence-electron chi connectivity index (χ4n) is 3.48. The molecule has 2 aromatic carbocycles. The molecule has 1 N–H and O–H groups in total. The second-order valence-corrected chi connectivity index (χ2v) is 7.56. The summed E-state index contributed by atoms with van der Waals surface area (Å²) in [5, 5.41) is 22.3. The maximum absolute atomic E-state index is 14.4. The average molecular weight is 634 g/mol. The standard InChI is InChI=1S/C21H6F13N3O2.Mn/c1-5-10(17(38)6-2-8(19(26,27)28)7(4-35)9(3-6)20(29,30)31)18(39)37(36-5)16-14(24)12(22)11(21(32,33)34)13(23)15(16)25;/h2-3,39H,1H3;. The Morgan fingerprint density at radius 2 is 1.27 bits per heavy atom. The van der Waals surface area contributed by atoms with Gasteiger partial charge in [-0.25, -0.2) is 17.6 Å². The van der Waals surface area contributed by atoms with Crippen molar-refractivity contribution < 1.29 is 84.0 Å². The number of nitriles is 1. The predicted octanol–water partition coefficient (Wildman–Crippen LogP) is 6.60. The first-order valence-electron chi connectivity index (χ1n) is 9.63. The summed E-state index contributed by atoms with van der Waals surface area (Å²) >= 11 is 0. The number of alkyl halides is 9. The molecule has 1 radical (unpaired) electrons. The van der Waals surface area contributed by atoms with Gasteiger partial charge in [0.05, 0.1) is 22.4 Å². The third-order valence-electron chi connectivity index (χ3n) is 5.12. The summed E-state index contributed by atoms with van der Waals surface area (Å²) in [5.41, 5.74) is -15.2. The van der Waals surface area contributed by atoms with E-state index in [2.05, 4.69) is 5.10 Å². The van der Waals surface area contributed by atoms with Crippen LogP contribution in [0.5, 0.6) is 5.88 Å². The summed E-state index contributed by atoms with van der Waals surface area (Å²) in [6.07, 6.45) is -17.2. The van der Waals surface area contributed by atoms with Crippen molar-refractivity contribution in [3.05, 3.63) is 74.5 Å². The Balaban J connectivity index is 0.00000560. The van der Waals surface area contributed by atoms with Crippen molar-refractivity contribution in [3.8, 4) is 17.6 Å². The van der Waals surface area contributed by atoms with Crippen LogP contribution in [0.3, 0.4) is 0 Å². The Morgan fingerprint density at radius 3 is 1.62 bits per heavy atom. The SMILES string of the molecule is Cc1nn(-c2c(F)c(F)c(C(F)(F)F)c(F)c2F)c(O)c1C(=O)c1cc(C(F)(F)F)c(C#N)c(C(F)(F)F)c1.[Mn]. The molecule has 215 valence electrons. The Bertz CT molecular complexity index is 1500. The minimum Gasteiger partial charge on any atom is -0.493 e. The summed E-state index contributed by atoms with van der Waals surface area (Å²) in [6.45, 7) is 0.703. The van der Waals surface area contributed by atoms with Crippen molar-refractivity contribution >= 4 is 5.78 Å². The zero-order chi connectivity index (χ0) is 30.0. The molecule has 0 saturated heterocycles. The van der Waals surface area contributed by atoms with E-state index in [4.69, 9.17) is 5.26 Å². The molecule has 0 fully saturated rings. The van der Waals surface area contributed by atoms with Crippen LogP contribution >= 0.6 is 0 Å². The van der Waals surface area contributed by atoms with E-state index in [9.17, 15) is 67.0 Å². The maximum Gasteiger partial charge on any atom is 0.422 e. The van der Waals surface area contributed by atoms with Crippen LogP contribution in [0.15, 0.2) is 12.1 Å². The van der Waals surface area contributed by atoms with Crippen LogP contribution < -0.4 is 0 Å². The molecule has 0 aliphatic carbocycles. The Hall–Kier alpha value is -3.78. The molecule has 19 heteroatoms. The first-order valence-corrected chi connectivity index (χ1v) is 9.63. The van der Waals surface area contributed by atoms with Crippen LogP contribution in [0.25, 0.3) is 5.69 Å². The van der Waals surface area contributed by atoms with Gasteiger partial charge >= 0.3 is 18.5 Å². The van der Waals surface area contributed by atoms with Gasteiger partial charge in [-0.05, 0) is 19.1 Å². The Labute approximate surface area is 222 Å². The van der Waals surface area contributed by atoms with Gasteiger partial charge in [0, 0.05) is 22.6 Å². The van der Waals surface area contributed by atoms with E-state index in [1.54, 1.807) is 0 Å². The minimum absolute atomic E-state index is 0. The Kier molecular flexibility index (Phi) is 8.37. The third-order valence-corrected chi connectivity index (χ3v) is 5.12. The molecule has 3 rings (SSSR count). The van der Waals surface area contributed by atoms with Gasteiger partial charge in [-0.3, -0.25) is 4.79 Å². The zero-order valence-electron chi connectivity index (χ0n) is 18.6. The topological polar surface area (TPSA) is 78.9 Å². The van der Waals surface area contributed by atoms with Gasteiger partial charge in [-0.1, -0.05) is 0 Å². The van der Waals surface area contributed by atoms with Crippen molar-refractivity contribution in [2.24, 2.45) is 0 Å². The molecule has 0 bridgehead atoms. The molecule has 0 saturated carbocycles. The molecule has 0 aliphatic heterocycles. The van der Waals surface area contributed by atoms with Gasteiger partial charge < -0.3 is 5.11 Å². The maximum atomic E-state index is 14.4. The number of aromatic hydroxyl groups is 1. The number of nitrogens with zero attached hydrogens (tertiary/aromatic N) is 3. The number of ketones is 1. The average Bonchev–Trinajstić information content (AvgIpc) is 3.08. The van der Waals surface area contributed by atoms with Crippen LogP contribution in [0, 0.1) is 41.5 Å². The van der Waals surface area contributed by atoms with E-state index in [-0.39, 0.29) is 29.2 Å². The van der Waals surface area contributed by atoms with E-state index >= 15 is 0 Å². The van der Waals surface area contributed by atoms with E-state index in [1.807, 2.05) is 0 Å². The van der Waals surface area contributed by atoms with E-state index in [0.717, 1.165) is 6.07 Å². The minimum atomic E-state index is -5.94. The van der Waals surface area contributed by atoms with Crippen LogP contribution in [0.2, 0.25) is 0 Å². The van der Waals surface area contributed by atoms with Crippen LogP contribution in [0.4, 0.5) is 57.1 Å². The monoisotopic (exact) mass is 634 g/mol. The summed E-state index contributed by atoms with van der Waals surface area (Å²) in [5.74, 6) is -15.3. The van der Waals surface area contributed by atoms with E-state index in [0.29, 0.717) is 6.92 Å². The van der Waals surface area contributed by atoms with Gasteiger partial charge in [0.2, 0.25) is 5.88 Å². The largest absolute Gasteiger partial charge is 0.493 e. The number of rotatable bonds is 3. The normalized spacial score (nSPS) is 12.2. The molecule has 0 aliphatic rings. The molecule has 0 spiro atoms. The summed E-state index contributed by atoms with van der Waals surface area (Å²) < 4.78 is 175. The quantitative estimate of drug-likeness (QED) is 0.153. The van der Waals surface area contributed by atoms with Gasteiger partial charge in [0.25, 0.3) is 0 Å². The van der Waals surface area contributed by atoms with Gasteiger partial charge in [-0.15, -0.1) is 0 Å². The molecular formula is C21H6F13MnN3O2. The van der Waals surface area contributed by atoms with E-state index < -0.39 is 103 Å². The molecule has 5 nitrogen and oxygen atoms in total. The van der Waals surface area contributed by atoms with Crippen molar-refractivity contribution in [3.63, 3.8) is 0 Å². The first-order chi connectivity index (χ1) is 17.6. The van der Waals surface area contributed by atoms with Crippen molar-refractivity contribution in [1.29, 1.82) is 5.26 Å². The molecule has 0 unspecified atom stereocenters. The third kappa shape index (κ3) is 5.32. The van der Waals surface area contributed by atoms with Crippen LogP contribution in [-0.4, -0.2) is 20.7 Å². The van der Waals surface area contributed by atoms with Crippen molar-refractivity contribution in [2.45, 2.75) is 25.5 Å².